The number of hydrogen-bond donors (Lipinski definition) is 1. The lowest BCUT2D eigenvalue weighted by Gasteiger charge is -2.14. The van der Waals surface area contributed by atoms with Crippen molar-refractivity contribution >= 4 is 27.4 Å². The molecule has 0 amide bonds. The highest BCUT2D eigenvalue weighted by Crippen LogP contribution is 2.28. The molecule has 124 valence electrons. The van der Waals surface area contributed by atoms with E-state index in [2.05, 4.69) is 47.0 Å². The molecule has 0 aliphatic rings. The Labute approximate surface area is 149 Å². The van der Waals surface area contributed by atoms with Crippen molar-refractivity contribution in [1.29, 1.82) is 0 Å². The minimum absolute atomic E-state index is 0.271. The Balaban J connectivity index is 2.12. The molecule has 24 heavy (non-hydrogen) atoms. The van der Waals surface area contributed by atoms with Crippen molar-refractivity contribution in [3.8, 4) is 0 Å². The van der Waals surface area contributed by atoms with Gasteiger partial charge >= 0.3 is 5.97 Å². The van der Waals surface area contributed by atoms with E-state index in [1.54, 1.807) is 16.8 Å². The van der Waals surface area contributed by atoms with Crippen LogP contribution in [0, 0.1) is 0 Å². The Morgan fingerprint density at radius 1 is 1.33 bits per heavy atom. The fourth-order valence-electron chi connectivity index (χ4n) is 2.88. The molecule has 1 atom stereocenters. The molecule has 2 heterocycles. The zero-order valence-corrected chi connectivity index (χ0v) is 15.2. The maximum atomic E-state index is 11.4. The van der Waals surface area contributed by atoms with Crippen LogP contribution in [0.15, 0.2) is 47.2 Å². The SMILES string of the molecule is CCC(C)c1cc(C(=O)O)cn2ncc(Cc3ccc(Br)cc3)c12. The van der Waals surface area contributed by atoms with Gasteiger partial charge in [-0.05, 0) is 41.7 Å². The first-order chi connectivity index (χ1) is 11.5. The first kappa shape index (κ1) is 16.7. The Morgan fingerprint density at radius 2 is 2.04 bits per heavy atom. The van der Waals surface area contributed by atoms with Crippen molar-refractivity contribution in [2.24, 2.45) is 0 Å². The molecule has 0 aliphatic heterocycles. The largest absolute Gasteiger partial charge is 0.478 e. The lowest BCUT2D eigenvalue weighted by molar-refractivity contribution is 0.0696. The highest BCUT2D eigenvalue weighted by Gasteiger charge is 2.17. The number of carboxylic acid groups (broad SMARTS) is 1. The first-order valence-corrected chi connectivity index (χ1v) is 8.76. The molecular weight excluding hydrogens is 368 g/mol. The van der Waals surface area contributed by atoms with E-state index in [9.17, 15) is 9.90 Å². The van der Waals surface area contributed by atoms with E-state index in [1.807, 2.05) is 18.3 Å². The number of nitrogens with zero attached hydrogens (tertiary/aromatic N) is 2. The number of aromatic nitrogens is 2. The topological polar surface area (TPSA) is 54.6 Å². The van der Waals surface area contributed by atoms with Crippen molar-refractivity contribution in [2.45, 2.75) is 32.6 Å². The lowest BCUT2D eigenvalue weighted by atomic mass is 9.94. The lowest BCUT2D eigenvalue weighted by Crippen LogP contribution is -2.05. The summed E-state index contributed by atoms with van der Waals surface area (Å²) >= 11 is 3.45. The minimum Gasteiger partial charge on any atom is -0.478 e. The van der Waals surface area contributed by atoms with Gasteiger partial charge in [-0.15, -0.1) is 0 Å². The van der Waals surface area contributed by atoms with E-state index in [-0.39, 0.29) is 11.5 Å². The summed E-state index contributed by atoms with van der Waals surface area (Å²) in [5, 5.41) is 13.7. The van der Waals surface area contributed by atoms with Crippen molar-refractivity contribution in [1.82, 2.24) is 9.61 Å². The molecule has 4 nitrogen and oxygen atoms in total. The van der Waals surface area contributed by atoms with Crippen molar-refractivity contribution in [3.05, 3.63) is 69.5 Å². The van der Waals surface area contributed by atoms with Gasteiger partial charge in [0.25, 0.3) is 0 Å². The van der Waals surface area contributed by atoms with Gasteiger partial charge in [0.2, 0.25) is 0 Å². The summed E-state index contributed by atoms with van der Waals surface area (Å²) in [6.07, 6.45) is 5.15. The molecule has 1 unspecified atom stereocenters. The van der Waals surface area contributed by atoms with E-state index in [1.165, 1.54) is 5.56 Å². The van der Waals surface area contributed by atoms with Gasteiger partial charge in [-0.1, -0.05) is 41.9 Å². The van der Waals surface area contributed by atoms with Crippen LogP contribution < -0.4 is 0 Å². The van der Waals surface area contributed by atoms with E-state index in [0.717, 1.165) is 34.0 Å². The van der Waals surface area contributed by atoms with Gasteiger partial charge < -0.3 is 5.11 Å². The van der Waals surface area contributed by atoms with E-state index < -0.39 is 5.97 Å². The predicted octanol–water partition coefficient (Wildman–Crippen LogP) is 4.90. The molecule has 1 N–H and O–H groups in total. The van der Waals surface area contributed by atoms with E-state index in [0.29, 0.717) is 0 Å². The summed E-state index contributed by atoms with van der Waals surface area (Å²) < 4.78 is 2.76. The third kappa shape index (κ3) is 3.22. The number of benzene rings is 1. The molecule has 1 aromatic carbocycles. The van der Waals surface area contributed by atoms with Gasteiger partial charge in [-0.25, -0.2) is 9.31 Å². The maximum absolute atomic E-state index is 11.4. The van der Waals surface area contributed by atoms with Crippen LogP contribution >= 0.6 is 15.9 Å². The molecule has 5 heteroatoms. The van der Waals surface area contributed by atoms with Crippen LogP contribution in [0.25, 0.3) is 5.52 Å². The number of halogens is 1. The molecule has 0 fully saturated rings. The monoisotopic (exact) mass is 386 g/mol. The van der Waals surface area contributed by atoms with Crippen LogP contribution in [0.4, 0.5) is 0 Å². The molecule has 0 radical (unpaired) electrons. The third-order valence-corrected chi connectivity index (χ3v) is 4.94. The molecule has 3 rings (SSSR count). The summed E-state index contributed by atoms with van der Waals surface area (Å²) in [6.45, 7) is 4.23. The standard InChI is InChI=1S/C19H19BrN2O2/c1-3-12(2)17-9-15(19(23)24)11-22-18(17)14(10-21-22)8-13-4-6-16(20)7-5-13/h4-7,9-12H,3,8H2,1-2H3,(H,23,24). The van der Waals surface area contributed by atoms with Gasteiger partial charge in [0.15, 0.2) is 0 Å². The summed E-state index contributed by atoms with van der Waals surface area (Å²) in [7, 11) is 0. The normalized spacial score (nSPS) is 12.5. The number of pyridine rings is 1. The Hall–Kier alpha value is -2.14. The molecule has 2 aromatic heterocycles. The fourth-order valence-corrected chi connectivity index (χ4v) is 3.15. The van der Waals surface area contributed by atoms with Crippen molar-refractivity contribution < 1.29 is 9.90 Å². The predicted molar refractivity (Wildman–Crippen MR) is 97.8 cm³/mol. The van der Waals surface area contributed by atoms with Crippen LogP contribution in [-0.2, 0) is 6.42 Å². The number of carboxylic acids is 1. The van der Waals surface area contributed by atoms with Crippen LogP contribution in [-0.4, -0.2) is 20.7 Å². The Morgan fingerprint density at radius 3 is 2.67 bits per heavy atom. The summed E-state index contributed by atoms with van der Waals surface area (Å²) in [6, 6.07) is 10.0. The van der Waals surface area contributed by atoms with Gasteiger partial charge in [-0.3, -0.25) is 0 Å². The minimum atomic E-state index is -0.925. The zero-order chi connectivity index (χ0) is 17.3. The maximum Gasteiger partial charge on any atom is 0.337 e. The van der Waals surface area contributed by atoms with Crippen LogP contribution in [0.2, 0.25) is 0 Å². The Bertz CT molecular complexity index is 884. The first-order valence-electron chi connectivity index (χ1n) is 7.97. The smallest absolute Gasteiger partial charge is 0.337 e. The average molecular weight is 387 g/mol. The quantitative estimate of drug-likeness (QED) is 0.678. The van der Waals surface area contributed by atoms with Crippen molar-refractivity contribution in [3.63, 3.8) is 0 Å². The van der Waals surface area contributed by atoms with Crippen LogP contribution in [0.5, 0.6) is 0 Å². The molecule has 3 aromatic rings. The van der Waals surface area contributed by atoms with Gasteiger partial charge in [0.05, 0.1) is 17.3 Å². The number of fused-ring (bicyclic) bond motifs is 1. The van der Waals surface area contributed by atoms with Gasteiger partial charge in [-0.2, -0.15) is 5.10 Å². The summed E-state index contributed by atoms with van der Waals surface area (Å²) in [5.74, 6) is -0.654. The van der Waals surface area contributed by atoms with Crippen molar-refractivity contribution in [2.75, 3.05) is 0 Å². The van der Waals surface area contributed by atoms with E-state index in [4.69, 9.17) is 0 Å². The fraction of sp³-hybridized carbons (Fsp3) is 0.263. The molecule has 0 aliphatic carbocycles. The molecular formula is C19H19BrN2O2. The Kier molecular flexibility index (Phi) is 4.71. The summed E-state index contributed by atoms with van der Waals surface area (Å²) in [4.78, 5) is 11.4. The number of hydrogen-bond acceptors (Lipinski definition) is 2. The second-order valence-electron chi connectivity index (χ2n) is 6.06. The number of rotatable bonds is 5. The van der Waals surface area contributed by atoms with E-state index >= 15 is 0 Å². The third-order valence-electron chi connectivity index (χ3n) is 4.42. The molecule has 0 saturated carbocycles. The average Bonchev–Trinajstić information content (AvgIpc) is 2.98. The second-order valence-corrected chi connectivity index (χ2v) is 6.98. The van der Waals surface area contributed by atoms with Gasteiger partial charge in [0.1, 0.15) is 0 Å². The van der Waals surface area contributed by atoms with Crippen LogP contribution in [0.3, 0.4) is 0 Å². The highest BCUT2D eigenvalue weighted by molar-refractivity contribution is 9.10. The molecule has 0 spiro atoms. The highest BCUT2D eigenvalue weighted by atomic mass is 79.9. The molecule has 0 bridgehead atoms. The zero-order valence-electron chi connectivity index (χ0n) is 13.7. The summed E-state index contributed by atoms with van der Waals surface area (Å²) in [5.41, 5.74) is 4.66. The van der Waals surface area contributed by atoms with Crippen LogP contribution in [0.1, 0.15) is 53.2 Å². The number of aromatic carboxylic acids is 1. The number of carbonyl (C=O) groups is 1. The second kappa shape index (κ2) is 6.77. The molecule has 0 saturated heterocycles. The van der Waals surface area contributed by atoms with Gasteiger partial charge in [0, 0.05) is 22.7 Å².